The van der Waals surface area contributed by atoms with Gasteiger partial charge in [0.25, 0.3) is 5.60 Å². The normalized spacial score (nSPS) is 40.9. The van der Waals surface area contributed by atoms with Crippen LogP contribution >= 0.6 is 0 Å². The lowest BCUT2D eigenvalue weighted by Crippen LogP contribution is -2.58. The molecule has 0 spiro atoms. The molecule has 124 valence electrons. The zero-order valence-corrected chi connectivity index (χ0v) is 12.1. The monoisotopic (exact) mass is 318 g/mol. The van der Waals surface area contributed by atoms with E-state index in [2.05, 4.69) is 0 Å². The number of hydrogen-bond acceptors (Lipinski definition) is 1. The van der Waals surface area contributed by atoms with Gasteiger partial charge < -0.3 is 5.11 Å². The van der Waals surface area contributed by atoms with Crippen LogP contribution in [0.1, 0.15) is 40.0 Å². The van der Waals surface area contributed by atoms with Gasteiger partial charge in [-0.15, -0.1) is 0 Å². The van der Waals surface area contributed by atoms with Crippen molar-refractivity contribution in [3.05, 3.63) is 0 Å². The van der Waals surface area contributed by atoms with Crippen LogP contribution in [0, 0.1) is 29.1 Å². The second-order valence-electron chi connectivity index (χ2n) is 7.19. The summed E-state index contributed by atoms with van der Waals surface area (Å²) >= 11 is 0. The lowest BCUT2D eigenvalue weighted by molar-refractivity contribution is -0.373. The number of hydrogen-bond donors (Lipinski definition) is 1. The highest BCUT2D eigenvalue weighted by atomic mass is 19.4. The smallest absolute Gasteiger partial charge is 0.374 e. The van der Waals surface area contributed by atoms with Gasteiger partial charge in [-0.05, 0) is 48.3 Å². The summed E-state index contributed by atoms with van der Waals surface area (Å²) in [7, 11) is 0. The largest absolute Gasteiger partial charge is 0.426 e. The van der Waals surface area contributed by atoms with Crippen LogP contribution in [-0.2, 0) is 0 Å². The highest BCUT2D eigenvalue weighted by molar-refractivity contribution is 5.07. The number of halogens is 6. The van der Waals surface area contributed by atoms with Gasteiger partial charge in [0.2, 0.25) is 0 Å². The summed E-state index contributed by atoms with van der Waals surface area (Å²) in [6.45, 7) is 5.81. The molecule has 0 aromatic carbocycles. The zero-order valence-electron chi connectivity index (χ0n) is 12.1. The molecule has 2 aliphatic rings. The van der Waals surface area contributed by atoms with Gasteiger partial charge in [0, 0.05) is 0 Å². The fourth-order valence-electron chi connectivity index (χ4n) is 4.53. The van der Waals surface area contributed by atoms with E-state index in [9.17, 15) is 31.4 Å². The summed E-state index contributed by atoms with van der Waals surface area (Å²) in [5.74, 6) is -0.557. The third-order valence-electron chi connectivity index (χ3n) is 6.09. The fraction of sp³-hybridized carbons (Fsp3) is 1.00. The summed E-state index contributed by atoms with van der Waals surface area (Å²) < 4.78 is 76.8. The van der Waals surface area contributed by atoms with Crippen molar-refractivity contribution in [2.45, 2.75) is 58.0 Å². The molecule has 0 heterocycles. The Labute approximate surface area is 119 Å². The van der Waals surface area contributed by atoms with Crippen LogP contribution in [0.2, 0.25) is 0 Å². The Morgan fingerprint density at radius 3 is 1.81 bits per heavy atom. The van der Waals surface area contributed by atoms with Crippen molar-refractivity contribution in [2.75, 3.05) is 0 Å². The average Bonchev–Trinajstić information content (AvgIpc) is 2.71. The molecule has 0 aliphatic heterocycles. The number of aliphatic hydroxyl groups is 1. The van der Waals surface area contributed by atoms with Crippen LogP contribution in [0.4, 0.5) is 26.3 Å². The molecular formula is C14H20F6O. The Bertz CT molecular complexity index is 401. The van der Waals surface area contributed by atoms with Gasteiger partial charge in [-0.25, -0.2) is 0 Å². The maximum absolute atomic E-state index is 12.8. The highest BCUT2D eigenvalue weighted by Gasteiger charge is 2.72. The molecule has 2 rings (SSSR count). The fourth-order valence-corrected chi connectivity index (χ4v) is 4.53. The van der Waals surface area contributed by atoms with Crippen LogP contribution in [0.25, 0.3) is 0 Å². The van der Waals surface area contributed by atoms with Crippen molar-refractivity contribution in [1.29, 1.82) is 0 Å². The quantitative estimate of drug-likeness (QED) is 0.741. The predicted molar refractivity (Wildman–Crippen MR) is 64.3 cm³/mol. The molecule has 0 aromatic heterocycles. The lowest BCUT2D eigenvalue weighted by atomic mass is 9.67. The molecular weight excluding hydrogens is 298 g/mol. The van der Waals surface area contributed by atoms with Crippen LogP contribution in [0.15, 0.2) is 0 Å². The maximum Gasteiger partial charge on any atom is 0.426 e. The van der Waals surface area contributed by atoms with Gasteiger partial charge in [-0.3, -0.25) is 0 Å². The molecule has 2 bridgehead atoms. The van der Waals surface area contributed by atoms with Gasteiger partial charge in [-0.1, -0.05) is 20.8 Å². The molecule has 1 N–H and O–H groups in total. The van der Waals surface area contributed by atoms with Crippen molar-refractivity contribution in [2.24, 2.45) is 29.1 Å². The SMILES string of the molecule is CC1C2CC(C)(CC2CC(O)(C(F)(F)F)C(F)(F)F)C1C. The summed E-state index contributed by atoms with van der Waals surface area (Å²) in [5.41, 5.74) is -4.82. The molecule has 7 heteroatoms. The van der Waals surface area contributed by atoms with Gasteiger partial charge in [-0.2, -0.15) is 26.3 Å². The van der Waals surface area contributed by atoms with Crippen LogP contribution in [0.3, 0.4) is 0 Å². The Morgan fingerprint density at radius 2 is 1.48 bits per heavy atom. The van der Waals surface area contributed by atoms with E-state index in [0.29, 0.717) is 12.8 Å². The van der Waals surface area contributed by atoms with Gasteiger partial charge in [0.15, 0.2) is 0 Å². The van der Waals surface area contributed by atoms with E-state index in [1.54, 1.807) is 0 Å². The predicted octanol–water partition coefficient (Wildman–Crippen LogP) is 4.55. The molecule has 0 saturated heterocycles. The topological polar surface area (TPSA) is 20.2 Å². The summed E-state index contributed by atoms with van der Waals surface area (Å²) in [5, 5.41) is 9.36. The average molecular weight is 318 g/mol. The molecule has 2 fully saturated rings. The van der Waals surface area contributed by atoms with Crippen molar-refractivity contribution < 1.29 is 31.4 Å². The molecule has 5 unspecified atom stereocenters. The number of fused-ring (bicyclic) bond motifs is 2. The standard InChI is InChI=1S/C14H20F6O/c1-7-8(2)11(3)4-9(10(7)6-11)5-12(21,13(15,16)17)14(18,19)20/h7-10,21H,4-6H2,1-3H3. The van der Waals surface area contributed by atoms with E-state index in [1.807, 2.05) is 20.8 Å². The zero-order chi connectivity index (χ0) is 16.4. The minimum absolute atomic E-state index is 0.0828. The first-order valence-electron chi connectivity index (χ1n) is 7.09. The van der Waals surface area contributed by atoms with E-state index in [-0.39, 0.29) is 23.2 Å². The van der Waals surface area contributed by atoms with Gasteiger partial charge in [0.05, 0.1) is 0 Å². The Kier molecular flexibility index (Phi) is 3.64. The van der Waals surface area contributed by atoms with Crippen LogP contribution in [0.5, 0.6) is 0 Å². The van der Waals surface area contributed by atoms with E-state index in [1.165, 1.54) is 0 Å². The van der Waals surface area contributed by atoms with Crippen molar-refractivity contribution in [3.63, 3.8) is 0 Å². The minimum atomic E-state index is -5.71. The van der Waals surface area contributed by atoms with E-state index in [0.717, 1.165) is 0 Å². The molecule has 2 saturated carbocycles. The minimum Gasteiger partial charge on any atom is -0.374 e. The highest BCUT2D eigenvalue weighted by Crippen LogP contribution is 2.65. The second kappa shape index (κ2) is 4.52. The molecule has 1 nitrogen and oxygen atoms in total. The van der Waals surface area contributed by atoms with Crippen LogP contribution in [-0.4, -0.2) is 23.1 Å². The molecule has 0 aromatic rings. The third-order valence-corrected chi connectivity index (χ3v) is 6.09. The second-order valence-corrected chi connectivity index (χ2v) is 7.19. The Hall–Kier alpha value is -0.460. The summed E-state index contributed by atoms with van der Waals surface area (Å²) in [4.78, 5) is 0. The molecule has 0 radical (unpaired) electrons. The van der Waals surface area contributed by atoms with E-state index in [4.69, 9.17) is 0 Å². The molecule has 0 amide bonds. The maximum atomic E-state index is 12.8. The number of alkyl halides is 6. The van der Waals surface area contributed by atoms with Gasteiger partial charge in [0.1, 0.15) is 0 Å². The Morgan fingerprint density at radius 1 is 1.00 bits per heavy atom. The van der Waals surface area contributed by atoms with Crippen molar-refractivity contribution in [3.8, 4) is 0 Å². The lowest BCUT2D eigenvalue weighted by Gasteiger charge is -2.41. The van der Waals surface area contributed by atoms with Crippen molar-refractivity contribution >= 4 is 0 Å². The third kappa shape index (κ3) is 2.35. The van der Waals surface area contributed by atoms with Gasteiger partial charge >= 0.3 is 12.4 Å². The summed E-state index contributed by atoms with van der Waals surface area (Å²) in [6, 6.07) is 0. The first kappa shape index (κ1) is 16.9. The summed E-state index contributed by atoms with van der Waals surface area (Å²) in [6.07, 6.45) is -11.7. The first-order valence-corrected chi connectivity index (χ1v) is 7.09. The number of rotatable bonds is 2. The first-order chi connectivity index (χ1) is 9.23. The Balaban J connectivity index is 2.25. The molecule has 5 atom stereocenters. The van der Waals surface area contributed by atoms with E-state index >= 15 is 0 Å². The van der Waals surface area contributed by atoms with Crippen molar-refractivity contribution in [1.82, 2.24) is 0 Å². The van der Waals surface area contributed by atoms with E-state index < -0.39 is 30.3 Å². The molecule has 2 aliphatic carbocycles. The van der Waals surface area contributed by atoms with Crippen LogP contribution < -0.4 is 0 Å². The molecule has 21 heavy (non-hydrogen) atoms.